The highest BCUT2D eigenvalue weighted by molar-refractivity contribution is 5.89. The van der Waals surface area contributed by atoms with Crippen LogP contribution in [0.3, 0.4) is 0 Å². The number of rotatable bonds is 11. The Balaban J connectivity index is 1.31. The Kier molecular flexibility index (Phi) is 9.57. The lowest BCUT2D eigenvalue weighted by atomic mass is 9.88. The van der Waals surface area contributed by atoms with Gasteiger partial charge in [0, 0.05) is 24.6 Å². The molecule has 10 heteroatoms. The molecule has 0 aliphatic heterocycles. The van der Waals surface area contributed by atoms with Gasteiger partial charge in [-0.25, -0.2) is 4.79 Å². The number of hydrogen-bond donors (Lipinski definition) is 3. The number of carbonyl (C=O) groups excluding carboxylic acids is 3. The molecular formula is C32H36N4O6. The van der Waals surface area contributed by atoms with E-state index in [0.29, 0.717) is 18.4 Å². The van der Waals surface area contributed by atoms with E-state index in [0.717, 1.165) is 22.3 Å². The Labute approximate surface area is 245 Å². The quantitative estimate of drug-likeness (QED) is 0.217. The second-order valence-electron chi connectivity index (χ2n) is 11.5. The van der Waals surface area contributed by atoms with Crippen molar-refractivity contribution in [2.75, 3.05) is 13.2 Å². The molecule has 3 aromatic carbocycles. The number of hydrogen-bond acceptors (Lipinski definition) is 6. The number of benzene rings is 3. The first-order chi connectivity index (χ1) is 20.0. The summed E-state index contributed by atoms with van der Waals surface area (Å²) in [4.78, 5) is 48.6. The summed E-state index contributed by atoms with van der Waals surface area (Å²) in [7, 11) is 0. The predicted octanol–water partition coefficient (Wildman–Crippen LogP) is 5.06. The largest absolute Gasteiger partial charge is 0.449 e. The molecule has 0 unspecified atom stereocenters. The molecule has 1 aliphatic carbocycles. The Hall–Kier alpha value is -4.73. The van der Waals surface area contributed by atoms with Gasteiger partial charge < -0.3 is 20.7 Å². The number of nitro groups is 1. The molecular weight excluding hydrogens is 536 g/mol. The average Bonchev–Trinajstić information content (AvgIpc) is 3.29. The third-order valence-electron chi connectivity index (χ3n) is 7.20. The predicted molar refractivity (Wildman–Crippen MR) is 159 cm³/mol. The van der Waals surface area contributed by atoms with E-state index in [1.165, 1.54) is 12.1 Å². The van der Waals surface area contributed by atoms with Crippen LogP contribution in [0.25, 0.3) is 11.1 Å². The molecule has 0 spiro atoms. The summed E-state index contributed by atoms with van der Waals surface area (Å²) in [6, 6.07) is 21.0. The van der Waals surface area contributed by atoms with Crippen molar-refractivity contribution in [1.82, 2.24) is 16.0 Å². The van der Waals surface area contributed by atoms with Crippen LogP contribution in [-0.4, -0.2) is 42.0 Å². The number of ether oxygens (including phenoxy) is 1. The summed E-state index contributed by atoms with van der Waals surface area (Å²) in [6.07, 6.45) is 0.318. The highest BCUT2D eigenvalue weighted by Crippen LogP contribution is 2.44. The molecule has 3 aromatic rings. The molecule has 1 aliphatic rings. The molecule has 1 atom stereocenters. The molecule has 4 rings (SSSR count). The fourth-order valence-corrected chi connectivity index (χ4v) is 4.92. The van der Waals surface area contributed by atoms with E-state index < -0.39 is 28.9 Å². The van der Waals surface area contributed by atoms with Gasteiger partial charge in [0.05, 0.1) is 11.5 Å². The highest BCUT2D eigenvalue weighted by atomic mass is 16.6. The SMILES string of the molecule is CC(C)(C)CC[C@@H](NC(=O)OCC1c2ccccc2-c2ccccc21)C(=O)NCC(=O)NCc1ccc([N+](=O)[O-])cc1. The second kappa shape index (κ2) is 13.3. The molecule has 3 amide bonds. The minimum absolute atomic E-state index is 0.0393. The molecule has 220 valence electrons. The monoisotopic (exact) mass is 572 g/mol. The zero-order chi connectivity index (χ0) is 30.3. The van der Waals surface area contributed by atoms with Crippen molar-refractivity contribution < 1.29 is 24.0 Å². The van der Waals surface area contributed by atoms with E-state index in [-0.39, 0.29) is 36.7 Å². The van der Waals surface area contributed by atoms with Crippen LogP contribution in [0.5, 0.6) is 0 Å². The van der Waals surface area contributed by atoms with Gasteiger partial charge in [0.15, 0.2) is 0 Å². The van der Waals surface area contributed by atoms with Crippen LogP contribution in [-0.2, 0) is 20.9 Å². The third kappa shape index (κ3) is 7.93. The third-order valence-corrected chi connectivity index (χ3v) is 7.20. The molecule has 10 nitrogen and oxygen atoms in total. The van der Waals surface area contributed by atoms with Crippen molar-refractivity contribution >= 4 is 23.6 Å². The average molecular weight is 573 g/mol. The number of non-ortho nitro benzene ring substituents is 1. The number of alkyl carbamates (subject to hydrolysis) is 1. The van der Waals surface area contributed by atoms with Gasteiger partial charge in [-0.1, -0.05) is 81.4 Å². The molecule has 42 heavy (non-hydrogen) atoms. The lowest BCUT2D eigenvalue weighted by Gasteiger charge is -2.24. The molecule has 3 N–H and O–H groups in total. The van der Waals surface area contributed by atoms with Crippen molar-refractivity contribution in [2.45, 2.75) is 52.1 Å². The summed E-state index contributed by atoms with van der Waals surface area (Å²) in [5.41, 5.74) is 4.99. The number of fused-ring (bicyclic) bond motifs is 3. The molecule has 0 saturated carbocycles. The first kappa shape index (κ1) is 30.2. The summed E-state index contributed by atoms with van der Waals surface area (Å²) in [5.74, 6) is -1.03. The summed E-state index contributed by atoms with van der Waals surface area (Å²) in [6.45, 7) is 6.11. The van der Waals surface area contributed by atoms with Crippen LogP contribution < -0.4 is 16.0 Å². The summed E-state index contributed by atoms with van der Waals surface area (Å²) < 4.78 is 5.64. The minimum Gasteiger partial charge on any atom is -0.449 e. The van der Waals surface area contributed by atoms with Gasteiger partial charge in [-0.2, -0.15) is 0 Å². The van der Waals surface area contributed by atoms with E-state index >= 15 is 0 Å². The van der Waals surface area contributed by atoms with E-state index in [4.69, 9.17) is 4.74 Å². The Morgan fingerprint density at radius 3 is 2.07 bits per heavy atom. The lowest BCUT2D eigenvalue weighted by Crippen LogP contribution is -2.49. The van der Waals surface area contributed by atoms with Gasteiger partial charge in [0.25, 0.3) is 5.69 Å². The number of carbonyl (C=O) groups is 3. The van der Waals surface area contributed by atoms with Gasteiger partial charge >= 0.3 is 6.09 Å². The van der Waals surface area contributed by atoms with Crippen LogP contribution in [0, 0.1) is 15.5 Å². The van der Waals surface area contributed by atoms with Gasteiger partial charge in [-0.3, -0.25) is 19.7 Å². The highest BCUT2D eigenvalue weighted by Gasteiger charge is 2.30. The standard InChI is InChI=1S/C32H36N4O6/c1-32(2,3)17-16-28(30(38)34-19-29(37)33-18-21-12-14-22(15-13-21)36(40)41)35-31(39)42-20-27-25-10-6-4-8-23(25)24-9-5-7-11-26(24)27/h4-15,27-28H,16-20H2,1-3H3,(H,33,37)(H,34,38)(H,35,39)/t28-/m1/s1. The normalized spacial score (nSPS) is 12.9. The fourth-order valence-electron chi connectivity index (χ4n) is 4.92. The minimum atomic E-state index is -0.887. The van der Waals surface area contributed by atoms with Gasteiger partial charge in [-0.05, 0) is 46.1 Å². The van der Waals surface area contributed by atoms with Crippen molar-refractivity contribution in [3.63, 3.8) is 0 Å². The van der Waals surface area contributed by atoms with Crippen molar-refractivity contribution in [3.05, 3.63) is 99.6 Å². The number of nitrogens with one attached hydrogen (secondary N) is 3. The molecule has 0 aromatic heterocycles. The van der Waals surface area contributed by atoms with Crippen LogP contribution in [0.4, 0.5) is 10.5 Å². The van der Waals surface area contributed by atoms with Crippen molar-refractivity contribution in [2.24, 2.45) is 5.41 Å². The Morgan fingerprint density at radius 1 is 0.905 bits per heavy atom. The topological polar surface area (TPSA) is 140 Å². The number of amides is 3. The van der Waals surface area contributed by atoms with Crippen LogP contribution in [0.15, 0.2) is 72.8 Å². The number of nitrogens with zero attached hydrogens (tertiary/aromatic N) is 1. The van der Waals surface area contributed by atoms with E-state index in [9.17, 15) is 24.5 Å². The van der Waals surface area contributed by atoms with Crippen LogP contribution >= 0.6 is 0 Å². The maximum Gasteiger partial charge on any atom is 0.407 e. The van der Waals surface area contributed by atoms with Gasteiger partial charge in [0.2, 0.25) is 11.8 Å². The van der Waals surface area contributed by atoms with E-state index in [1.54, 1.807) is 12.1 Å². The smallest absolute Gasteiger partial charge is 0.407 e. The second-order valence-corrected chi connectivity index (χ2v) is 11.5. The zero-order valence-corrected chi connectivity index (χ0v) is 24.0. The maximum absolute atomic E-state index is 13.0. The maximum atomic E-state index is 13.0. The fraction of sp³-hybridized carbons (Fsp3) is 0.344. The molecule has 0 saturated heterocycles. The molecule has 0 fully saturated rings. The van der Waals surface area contributed by atoms with Crippen LogP contribution in [0.1, 0.15) is 56.2 Å². The Bertz CT molecular complexity index is 1400. The van der Waals surface area contributed by atoms with E-state index in [1.807, 2.05) is 57.2 Å². The van der Waals surface area contributed by atoms with Crippen molar-refractivity contribution in [1.29, 1.82) is 0 Å². The summed E-state index contributed by atoms with van der Waals surface area (Å²) in [5, 5.41) is 18.8. The molecule has 0 radical (unpaired) electrons. The first-order valence-corrected chi connectivity index (χ1v) is 13.9. The van der Waals surface area contributed by atoms with Crippen LogP contribution in [0.2, 0.25) is 0 Å². The zero-order valence-electron chi connectivity index (χ0n) is 24.0. The molecule has 0 heterocycles. The van der Waals surface area contributed by atoms with Gasteiger partial charge in [-0.15, -0.1) is 0 Å². The van der Waals surface area contributed by atoms with Crippen molar-refractivity contribution in [3.8, 4) is 11.1 Å². The lowest BCUT2D eigenvalue weighted by molar-refractivity contribution is -0.384. The number of nitro benzene ring substituents is 1. The van der Waals surface area contributed by atoms with E-state index in [2.05, 4.69) is 28.1 Å². The summed E-state index contributed by atoms with van der Waals surface area (Å²) >= 11 is 0. The van der Waals surface area contributed by atoms with Gasteiger partial charge in [0.1, 0.15) is 12.6 Å². The molecule has 0 bridgehead atoms. The first-order valence-electron chi connectivity index (χ1n) is 13.9. The Morgan fingerprint density at radius 2 is 1.50 bits per heavy atom.